The molecular formula is C19H21NO2S2. The quantitative estimate of drug-likeness (QED) is 0.788. The maximum atomic E-state index is 12.3. The molecule has 0 fully saturated rings. The summed E-state index contributed by atoms with van der Waals surface area (Å²) in [5.74, 6) is 1.03. The van der Waals surface area contributed by atoms with Gasteiger partial charge in [-0.2, -0.15) is 0 Å². The minimum absolute atomic E-state index is 0.0420. The van der Waals surface area contributed by atoms with Crippen molar-refractivity contribution < 1.29 is 9.59 Å². The molecule has 5 heteroatoms. The fourth-order valence-electron chi connectivity index (χ4n) is 3.03. The van der Waals surface area contributed by atoms with Crippen molar-refractivity contribution in [3.8, 4) is 0 Å². The van der Waals surface area contributed by atoms with Crippen molar-refractivity contribution in [1.82, 2.24) is 5.32 Å². The smallest absolute Gasteiger partial charge is 0.220 e. The van der Waals surface area contributed by atoms with E-state index < -0.39 is 0 Å². The summed E-state index contributed by atoms with van der Waals surface area (Å²) >= 11 is 3.46. The van der Waals surface area contributed by atoms with Gasteiger partial charge in [0, 0.05) is 38.8 Å². The van der Waals surface area contributed by atoms with Crippen molar-refractivity contribution in [2.24, 2.45) is 0 Å². The number of amides is 1. The first-order chi connectivity index (χ1) is 11.5. The molecule has 1 aromatic carbocycles. The van der Waals surface area contributed by atoms with Gasteiger partial charge in [0.05, 0.1) is 6.04 Å². The van der Waals surface area contributed by atoms with Crippen LogP contribution in [0.4, 0.5) is 0 Å². The molecule has 1 aliphatic heterocycles. The van der Waals surface area contributed by atoms with Crippen LogP contribution in [0.1, 0.15) is 51.0 Å². The summed E-state index contributed by atoms with van der Waals surface area (Å²) in [4.78, 5) is 28.0. The van der Waals surface area contributed by atoms with Crippen LogP contribution in [0.15, 0.2) is 35.2 Å². The van der Waals surface area contributed by atoms with Crippen LogP contribution in [-0.2, 0) is 4.79 Å². The van der Waals surface area contributed by atoms with E-state index in [0.717, 1.165) is 27.5 Å². The van der Waals surface area contributed by atoms with Gasteiger partial charge in [0.15, 0.2) is 5.78 Å². The zero-order valence-corrected chi connectivity index (χ0v) is 15.6. The lowest BCUT2D eigenvalue weighted by Crippen LogP contribution is -2.30. The molecule has 0 aliphatic carbocycles. The first kappa shape index (κ1) is 17.2. The van der Waals surface area contributed by atoms with Gasteiger partial charge in [0.25, 0.3) is 0 Å². The van der Waals surface area contributed by atoms with E-state index in [-0.39, 0.29) is 30.6 Å². The predicted octanol–water partition coefficient (Wildman–Crippen LogP) is 4.68. The number of ketones is 1. The third-order valence-electron chi connectivity index (χ3n) is 4.21. The van der Waals surface area contributed by atoms with Crippen molar-refractivity contribution in [2.45, 2.75) is 44.0 Å². The highest BCUT2D eigenvalue weighted by atomic mass is 32.2. The minimum Gasteiger partial charge on any atom is -0.349 e. The number of thiophene rings is 1. The molecule has 3 rings (SSSR count). The molecule has 1 N–H and O–H groups in total. The van der Waals surface area contributed by atoms with Gasteiger partial charge in [0.2, 0.25) is 5.91 Å². The fraction of sp³-hybridized carbons (Fsp3) is 0.368. The van der Waals surface area contributed by atoms with Crippen LogP contribution in [-0.4, -0.2) is 17.4 Å². The second-order valence-corrected chi connectivity index (χ2v) is 8.64. The molecule has 0 unspecified atom stereocenters. The fourth-order valence-corrected chi connectivity index (χ4v) is 5.10. The summed E-state index contributed by atoms with van der Waals surface area (Å²) < 4.78 is 0. The molecule has 1 aliphatic rings. The van der Waals surface area contributed by atoms with Gasteiger partial charge >= 0.3 is 0 Å². The number of fused-ring (bicyclic) bond motifs is 1. The van der Waals surface area contributed by atoms with E-state index in [1.807, 2.05) is 43.8 Å². The van der Waals surface area contributed by atoms with Gasteiger partial charge in [-0.1, -0.05) is 18.2 Å². The first-order valence-corrected chi connectivity index (χ1v) is 9.96. The molecule has 2 aromatic rings. The van der Waals surface area contributed by atoms with Crippen molar-refractivity contribution in [3.05, 3.63) is 51.2 Å². The number of rotatable bonds is 5. The van der Waals surface area contributed by atoms with Gasteiger partial charge in [-0.3, -0.25) is 9.59 Å². The lowest BCUT2D eigenvalue weighted by Gasteiger charge is -2.25. The molecule has 0 spiro atoms. The Kier molecular flexibility index (Phi) is 5.41. The van der Waals surface area contributed by atoms with E-state index in [4.69, 9.17) is 0 Å². The maximum Gasteiger partial charge on any atom is 0.220 e. The molecular weight excluding hydrogens is 338 g/mol. The zero-order chi connectivity index (χ0) is 17.1. The van der Waals surface area contributed by atoms with Crippen LogP contribution in [0.5, 0.6) is 0 Å². The van der Waals surface area contributed by atoms with Crippen LogP contribution in [0.2, 0.25) is 0 Å². The average Bonchev–Trinajstić information content (AvgIpc) is 2.91. The van der Waals surface area contributed by atoms with E-state index in [1.165, 1.54) is 10.5 Å². The molecule has 2 heterocycles. The number of nitrogens with one attached hydrogen (secondary N) is 1. The lowest BCUT2D eigenvalue weighted by atomic mass is 10.0. The molecule has 126 valence electrons. The number of benzene rings is 1. The second-order valence-electron chi connectivity index (χ2n) is 6.05. The third kappa shape index (κ3) is 3.90. The zero-order valence-electron chi connectivity index (χ0n) is 13.9. The maximum absolute atomic E-state index is 12.3. The van der Waals surface area contributed by atoms with Crippen molar-refractivity contribution in [3.63, 3.8) is 0 Å². The molecule has 3 nitrogen and oxygen atoms in total. The predicted molar refractivity (Wildman–Crippen MR) is 100 cm³/mol. The van der Waals surface area contributed by atoms with E-state index in [0.29, 0.717) is 0 Å². The molecule has 0 bridgehead atoms. The summed E-state index contributed by atoms with van der Waals surface area (Å²) in [5, 5.41) is 3.10. The molecule has 0 saturated carbocycles. The summed E-state index contributed by atoms with van der Waals surface area (Å²) in [6, 6.07) is 10.2. The highest BCUT2D eigenvalue weighted by Gasteiger charge is 2.22. The van der Waals surface area contributed by atoms with Crippen molar-refractivity contribution in [1.29, 1.82) is 0 Å². The van der Waals surface area contributed by atoms with Crippen LogP contribution < -0.4 is 5.32 Å². The van der Waals surface area contributed by atoms with Crippen molar-refractivity contribution >= 4 is 34.8 Å². The molecule has 24 heavy (non-hydrogen) atoms. The van der Waals surface area contributed by atoms with Crippen LogP contribution in [0, 0.1) is 13.8 Å². The monoisotopic (exact) mass is 359 g/mol. The number of carbonyl (C=O) groups is 2. The van der Waals surface area contributed by atoms with Gasteiger partial charge in [-0.15, -0.1) is 23.1 Å². The van der Waals surface area contributed by atoms with Crippen LogP contribution in [0.3, 0.4) is 0 Å². The average molecular weight is 360 g/mol. The Morgan fingerprint density at radius 2 is 2.00 bits per heavy atom. The number of thioether (sulfide) groups is 1. The Morgan fingerprint density at radius 3 is 2.75 bits per heavy atom. The summed E-state index contributed by atoms with van der Waals surface area (Å²) in [6.45, 7) is 3.96. The molecule has 1 aromatic heterocycles. The Hall–Kier alpha value is -1.59. The van der Waals surface area contributed by atoms with E-state index >= 15 is 0 Å². The molecule has 0 saturated heterocycles. The molecule has 1 amide bonds. The highest BCUT2D eigenvalue weighted by Crippen LogP contribution is 2.35. The van der Waals surface area contributed by atoms with Gasteiger partial charge in [-0.05, 0) is 38.0 Å². The number of Topliss-reactive ketones (excluding diaryl/α,β-unsaturated/α-hetero) is 1. The Labute approximate surface area is 150 Å². The molecule has 0 radical (unpaired) electrons. The normalized spacial score (nSPS) is 16.5. The Bertz CT molecular complexity index is 766. The number of aryl methyl sites for hydroxylation is 2. The van der Waals surface area contributed by atoms with Gasteiger partial charge in [0.1, 0.15) is 0 Å². The SMILES string of the molecule is Cc1cc(C(=O)CCC(=O)N[C@H]2CCSc3ccccc32)c(C)s1. The van der Waals surface area contributed by atoms with Crippen LogP contribution in [0.25, 0.3) is 0 Å². The standard InChI is InChI=1S/C19H21NO2S2/c1-12-11-15(13(2)24-12)17(21)7-8-19(22)20-16-9-10-23-18-6-4-3-5-14(16)18/h3-6,11,16H,7-10H2,1-2H3,(H,20,22)/t16-/m0/s1. The number of carbonyl (C=O) groups excluding carboxylic acids is 2. The first-order valence-electron chi connectivity index (χ1n) is 8.16. The van der Waals surface area contributed by atoms with E-state index in [2.05, 4.69) is 17.4 Å². The minimum atomic E-state index is -0.0420. The summed E-state index contributed by atoms with van der Waals surface area (Å²) in [5.41, 5.74) is 1.96. The Morgan fingerprint density at radius 1 is 1.21 bits per heavy atom. The number of hydrogen-bond acceptors (Lipinski definition) is 4. The third-order valence-corrected chi connectivity index (χ3v) is 6.30. The Balaban J connectivity index is 1.57. The van der Waals surface area contributed by atoms with E-state index in [1.54, 1.807) is 11.3 Å². The van der Waals surface area contributed by atoms with Crippen LogP contribution >= 0.6 is 23.1 Å². The second kappa shape index (κ2) is 7.53. The summed E-state index contributed by atoms with van der Waals surface area (Å²) in [7, 11) is 0. The lowest BCUT2D eigenvalue weighted by molar-refractivity contribution is -0.121. The highest BCUT2D eigenvalue weighted by molar-refractivity contribution is 7.99. The molecule has 1 atom stereocenters. The van der Waals surface area contributed by atoms with E-state index in [9.17, 15) is 9.59 Å². The largest absolute Gasteiger partial charge is 0.349 e. The topological polar surface area (TPSA) is 46.2 Å². The summed E-state index contributed by atoms with van der Waals surface area (Å²) in [6.07, 6.45) is 1.45. The number of hydrogen-bond donors (Lipinski definition) is 1. The van der Waals surface area contributed by atoms with Crippen molar-refractivity contribution in [2.75, 3.05) is 5.75 Å². The van der Waals surface area contributed by atoms with Gasteiger partial charge in [-0.25, -0.2) is 0 Å². The van der Waals surface area contributed by atoms with Gasteiger partial charge < -0.3 is 5.32 Å².